The van der Waals surface area contributed by atoms with Crippen LogP contribution in [0.1, 0.15) is 30.1 Å². The number of para-hydroxylation sites is 1. The molecule has 0 unspecified atom stereocenters. The van der Waals surface area contributed by atoms with Crippen LogP contribution in [0.5, 0.6) is 0 Å². The highest BCUT2D eigenvalue weighted by atomic mass is 16.5. The Morgan fingerprint density at radius 2 is 1.97 bits per heavy atom. The summed E-state index contributed by atoms with van der Waals surface area (Å²) in [6, 6.07) is 7.48. The Bertz CT molecular complexity index is 1010. The van der Waals surface area contributed by atoms with E-state index in [-0.39, 0.29) is 23.8 Å². The van der Waals surface area contributed by atoms with Gasteiger partial charge in [0, 0.05) is 38.2 Å². The second-order valence-electron chi connectivity index (χ2n) is 9.28. The highest BCUT2D eigenvalue weighted by Crippen LogP contribution is 2.52. The minimum Gasteiger partial charge on any atom is -0.362 e. The zero-order chi connectivity index (χ0) is 21.4. The third-order valence-corrected chi connectivity index (χ3v) is 7.67. The maximum Gasteiger partial charge on any atom is 0.255 e. The SMILES string of the molecule is CCN1C[C@@]23C=C[C@@H](O2)[C@@H](C(=O)N2CCC4(CC2)NC(=O)c2ccccc2N4)[C@@H]3C1=O. The zero-order valence-corrected chi connectivity index (χ0v) is 17.5. The summed E-state index contributed by atoms with van der Waals surface area (Å²) in [4.78, 5) is 42.7. The van der Waals surface area contributed by atoms with Crippen LogP contribution >= 0.6 is 0 Å². The molecule has 3 fully saturated rings. The van der Waals surface area contributed by atoms with Crippen molar-refractivity contribution in [3.8, 4) is 0 Å². The van der Waals surface area contributed by atoms with E-state index in [2.05, 4.69) is 10.6 Å². The molecule has 3 saturated heterocycles. The van der Waals surface area contributed by atoms with Crippen LogP contribution in [0.15, 0.2) is 36.4 Å². The third-order valence-electron chi connectivity index (χ3n) is 7.67. The molecule has 4 atom stereocenters. The first kappa shape index (κ1) is 18.9. The van der Waals surface area contributed by atoms with E-state index in [9.17, 15) is 14.4 Å². The molecule has 2 N–H and O–H groups in total. The summed E-state index contributed by atoms with van der Waals surface area (Å²) in [7, 11) is 0. The molecule has 8 nitrogen and oxygen atoms in total. The van der Waals surface area contributed by atoms with Crippen LogP contribution in [-0.4, -0.2) is 71.1 Å². The summed E-state index contributed by atoms with van der Waals surface area (Å²) < 4.78 is 6.18. The Morgan fingerprint density at radius 1 is 1.19 bits per heavy atom. The predicted molar refractivity (Wildman–Crippen MR) is 112 cm³/mol. The number of nitrogens with zero attached hydrogens (tertiary/aromatic N) is 2. The van der Waals surface area contributed by atoms with Crippen LogP contribution in [0.2, 0.25) is 0 Å². The first-order valence-corrected chi connectivity index (χ1v) is 11.1. The average molecular weight is 422 g/mol. The molecule has 5 aliphatic rings. The van der Waals surface area contributed by atoms with Crippen LogP contribution in [0.25, 0.3) is 0 Å². The summed E-state index contributed by atoms with van der Waals surface area (Å²) in [5.41, 5.74) is 0.285. The number of fused-ring (bicyclic) bond motifs is 2. The van der Waals surface area contributed by atoms with Crippen molar-refractivity contribution in [2.45, 2.75) is 37.1 Å². The van der Waals surface area contributed by atoms with Gasteiger partial charge >= 0.3 is 0 Å². The van der Waals surface area contributed by atoms with Crippen molar-refractivity contribution in [3.63, 3.8) is 0 Å². The fraction of sp³-hybridized carbons (Fsp3) is 0.522. The molecule has 6 rings (SSSR count). The number of hydrogen-bond acceptors (Lipinski definition) is 5. The number of hydrogen-bond donors (Lipinski definition) is 2. The first-order valence-electron chi connectivity index (χ1n) is 11.1. The standard InChI is InChI=1S/C23H26N4O4/c1-2-26-13-22-8-7-16(31-22)17(18(22)21(26)30)20(29)27-11-9-23(10-12-27)24-15-6-4-3-5-14(15)19(28)25-23/h3-8,16-18,24H,2,9-13H2,1H3,(H,25,28)/t16-,17-,18-,22-/m1/s1. The topological polar surface area (TPSA) is 91.0 Å². The molecule has 2 bridgehead atoms. The largest absolute Gasteiger partial charge is 0.362 e. The van der Waals surface area contributed by atoms with E-state index in [1.54, 1.807) is 11.0 Å². The summed E-state index contributed by atoms with van der Waals surface area (Å²) >= 11 is 0. The van der Waals surface area contributed by atoms with E-state index in [4.69, 9.17) is 4.74 Å². The minimum atomic E-state index is -0.641. The van der Waals surface area contributed by atoms with Crippen LogP contribution in [0, 0.1) is 11.8 Å². The number of ether oxygens (including phenoxy) is 1. The summed E-state index contributed by atoms with van der Waals surface area (Å²) in [6.07, 6.45) is 4.84. The molecule has 2 spiro atoms. The maximum atomic E-state index is 13.5. The van der Waals surface area contributed by atoms with Crippen molar-refractivity contribution in [1.29, 1.82) is 0 Å². The lowest BCUT2D eigenvalue weighted by atomic mass is 9.76. The van der Waals surface area contributed by atoms with Gasteiger partial charge in [0.15, 0.2) is 0 Å². The Labute approximate surface area is 180 Å². The molecule has 5 heterocycles. The number of rotatable bonds is 2. The molecule has 0 radical (unpaired) electrons. The molecule has 31 heavy (non-hydrogen) atoms. The van der Waals surface area contributed by atoms with Crippen LogP contribution < -0.4 is 10.6 Å². The normalized spacial score (nSPS) is 34.5. The van der Waals surface area contributed by atoms with Gasteiger partial charge in [-0.05, 0) is 19.1 Å². The van der Waals surface area contributed by atoms with E-state index < -0.39 is 23.1 Å². The number of carbonyl (C=O) groups is 3. The summed E-state index contributed by atoms with van der Waals surface area (Å²) in [6.45, 7) is 4.15. The van der Waals surface area contributed by atoms with Gasteiger partial charge < -0.3 is 25.2 Å². The average Bonchev–Trinajstić information content (AvgIpc) is 3.42. The molecule has 0 aliphatic carbocycles. The molecule has 0 aromatic heterocycles. The fourth-order valence-electron chi connectivity index (χ4n) is 6.06. The predicted octanol–water partition coefficient (Wildman–Crippen LogP) is 0.963. The van der Waals surface area contributed by atoms with Gasteiger partial charge in [0.25, 0.3) is 5.91 Å². The van der Waals surface area contributed by atoms with Crippen LogP contribution in [0.3, 0.4) is 0 Å². The zero-order valence-electron chi connectivity index (χ0n) is 17.5. The van der Waals surface area contributed by atoms with Crippen molar-refractivity contribution < 1.29 is 19.1 Å². The van der Waals surface area contributed by atoms with Gasteiger partial charge in [0.05, 0.1) is 30.0 Å². The minimum absolute atomic E-state index is 0.00934. The smallest absolute Gasteiger partial charge is 0.255 e. The fourth-order valence-corrected chi connectivity index (χ4v) is 6.06. The number of benzene rings is 1. The summed E-state index contributed by atoms with van der Waals surface area (Å²) in [5, 5.41) is 6.60. The van der Waals surface area contributed by atoms with E-state index in [0.29, 0.717) is 44.6 Å². The maximum absolute atomic E-state index is 13.5. The number of piperidine rings is 1. The van der Waals surface area contributed by atoms with Crippen LogP contribution in [0.4, 0.5) is 5.69 Å². The van der Waals surface area contributed by atoms with Crippen molar-refractivity contribution in [3.05, 3.63) is 42.0 Å². The lowest BCUT2D eigenvalue weighted by Crippen LogP contribution is -2.63. The van der Waals surface area contributed by atoms with E-state index in [0.717, 1.165) is 5.69 Å². The van der Waals surface area contributed by atoms with E-state index in [1.165, 1.54) is 0 Å². The van der Waals surface area contributed by atoms with Gasteiger partial charge in [-0.2, -0.15) is 0 Å². The molecule has 8 heteroatoms. The Hall–Kier alpha value is -2.87. The van der Waals surface area contributed by atoms with Gasteiger partial charge in [-0.25, -0.2) is 0 Å². The van der Waals surface area contributed by atoms with Crippen molar-refractivity contribution in [1.82, 2.24) is 15.1 Å². The van der Waals surface area contributed by atoms with Gasteiger partial charge in [-0.1, -0.05) is 24.3 Å². The van der Waals surface area contributed by atoms with Gasteiger partial charge in [0.2, 0.25) is 11.8 Å². The molecule has 3 amide bonds. The number of amides is 3. The van der Waals surface area contributed by atoms with Crippen molar-refractivity contribution in [2.24, 2.45) is 11.8 Å². The number of nitrogens with one attached hydrogen (secondary N) is 2. The molecule has 0 saturated carbocycles. The second-order valence-corrected chi connectivity index (χ2v) is 9.28. The molecule has 1 aromatic rings. The number of carbonyl (C=O) groups excluding carboxylic acids is 3. The quantitative estimate of drug-likeness (QED) is 0.693. The Morgan fingerprint density at radius 3 is 2.74 bits per heavy atom. The molecule has 1 aromatic carbocycles. The lowest BCUT2D eigenvalue weighted by Gasteiger charge is -2.46. The van der Waals surface area contributed by atoms with Gasteiger partial charge in [0.1, 0.15) is 11.3 Å². The number of likely N-dealkylation sites (N-methyl/N-ethyl adjacent to an activating group) is 1. The molecular formula is C23H26N4O4. The highest BCUT2D eigenvalue weighted by molar-refractivity contribution is 6.02. The monoisotopic (exact) mass is 422 g/mol. The lowest BCUT2D eigenvalue weighted by molar-refractivity contribution is -0.144. The molecule has 5 aliphatic heterocycles. The van der Waals surface area contributed by atoms with E-state index >= 15 is 0 Å². The second kappa shape index (κ2) is 6.32. The molecule has 162 valence electrons. The Balaban J connectivity index is 1.19. The number of likely N-dealkylation sites (tertiary alicyclic amines) is 2. The van der Waals surface area contributed by atoms with Crippen LogP contribution in [-0.2, 0) is 14.3 Å². The summed E-state index contributed by atoms with van der Waals surface area (Å²) in [5.74, 6) is -0.953. The first-order chi connectivity index (χ1) is 15.0. The van der Waals surface area contributed by atoms with Gasteiger partial charge in [-0.15, -0.1) is 0 Å². The highest BCUT2D eigenvalue weighted by Gasteiger charge is 2.67. The van der Waals surface area contributed by atoms with Crippen molar-refractivity contribution in [2.75, 3.05) is 31.5 Å². The number of anilines is 1. The van der Waals surface area contributed by atoms with Crippen molar-refractivity contribution >= 4 is 23.4 Å². The van der Waals surface area contributed by atoms with Gasteiger partial charge in [-0.3, -0.25) is 14.4 Å². The third kappa shape index (κ3) is 2.54. The van der Waals surface area contributed by atoms with E-state index in [1.807, 2.05) is 42.2 Å². The molecular weight excluding hydrogens is 396 g/mol. The Kier molecular flexibility index (Phi) is 3.85.